The average Bonchev–Trinajstić information content (AvgIpc) is 2.42. The van der Waals surface area contributed by atoms with Crippen LogP contribution >= 0.6 is 15.9 Å². The van der Waals surface area contributed by atoms with Gasteiger partial charge < -0.3 is 15.8 Å². The molecule has 0 atom stereocenters. The molecule has 2 aromatic carbocycles. The zero-order chi connectivity index (χ0) is 14.5. The highest BCUT2D eigenvalue weighted by atomic mass is 79.9. The number of ether oxygens (including phenoxy) is 1. The Morgan fingerprint density at radius 2 is 2.05 bits per heavy atom. The third-order valence-corrected chi connectivity index (χ3v) is 3.41. The number of benzene rings is 2. The first-order chi connectivity index (χ1) is 9.56. The molecular formula is C15H15BrN2O2. The zero-order valence-corrected chi connectivity index (χ0v) is 12.6. The molecule has 104 valence electrons. The van der Waals surface area contributed by atoms with Crippen molar-refractivity contribution in [2.45, 2.75) is 6.92 Å². The third-order valence-electron chi connectivity index (χ3n) is 2.72. The van der Waals surface area contributed by atoms with E-state index in [4.69, 9.17) is 10.5 Å². The normalized spacial score (nSPS) is 10.1. The summed E-state index contributed by atoms with van der Waals surface area (Å²) < 4.78 is 6.31. The molecule has 0 radical (unpaired) electrons. The predicted molar refractivity (Wildman–Crippen MR) is 83.9 cm³/mol. The predicted octanol–water partition coefficient (Wildman–Crippen LogP) is 3.36. The molecule has 0 saturated heterocycles. The molecular weight excluding hydrogens is 320 g/mol. The second kappa shape index (κ2) is 6.43. The molecule has 20 heavy (non-hydrogen) atoms. The van der Waals surface area contributed by atoms with Crippen molar-refractivity contribution in [3.63, 3.8) is 0 Å². The van der Waals surface area contributed by atoms with Crippen LogP contribution in [0, 0.1) is 6.92 Å². The SMILES string of the molecule is Cc1ccc(N)cc1OCC(=O)Nc1ccccc1Br. The molecule has 2 aromatic rings. The topological polar surface area (TPSA) is 64.3 Å². The molecule has 5 heteroatoms. The van der Waals surface area contributed by atoms with Gasteiger partial charge in [0.05, 0.1) is 5.69 Å². The van der Waals surface area contributed by atoms with Crippen LogP contribution in [-0.4, -0.2) is 12.5 Å². The quantitative estimate of drug-likeness (QED) is 0.842. The second-order valence-corrected chi connectivity index (χ2v) is 5.20. The minimum absolute atomic E-state index is 0.0639. The van der Waals surface area contributed by atoms with Gasteiger partial charge in [0.25, 0.3) is 5.91 Å². The number of para-hydroxylation sites is 1. The number of halogens is 1. The molecule has 3 N–H and O–H groups in total. The molecule has 0 spiro atoms. The van der Waals surface area contributed by atoms with Gasteiger partial charge in [-0.1, -0.05) is 18.2 Å². The molecule has 2 rings (SSSR count). The van der Waals surface area contributed by atoms with Gasteiger partial charge in [0.2, 0.25) is 0 Å². The number of amides is 1. The fourth-order valence-corrected chi connectivity index (χ4v) is 2.05. The molecule has 0 aromatic heterocycles. The Kier molecular flexibility index (Phi) is 4.63. The van der Waals surface area contributed by atoms with Gasteiger partial charge in [0.15, 0.2) is 6.61 Å². The van der Waals surface area contributed by atoms with Gasteiger partial charge in [0.1, 0.15) is 5.75 Å². The molecule has 0 aliphatic rings. The molecule has 4 nitrogen and oxygen atoms in total. The number of aryl methyl sites for hydroxylation is 1. The number of carbonyl (C=O) groups is 1. The van der Waals surface area contributed by atoms with Gasteiger partial charge in [-0.3, -0.25) is 4.79 Å². The molecule has 0 saturated carbocycles. The second-order valence-electron chi connectivity index (χ2n) is 4.34. The van der Waals surface area contributed by atoms with Crippen molar-refractivity contribution >= 4 is 33.2 Å². The van der Waals surface area contributed by atoms with Crippen LogP contribution in [0.1, 0.15) is 5.56 Å². The highest BCUT2D eigenvalue weighted by Crippen LogP contribution is 2.22. The van der Waals surface area contributed by atoms with Crippen molar-refractivity contribution in [3.05, 3.63) is 52.5 Å². The van der Waals surface area contributed by atoms with E-state index in [1.807, 2.05) is 37.3 Å². The first-order valence-corrected chi connectivity index (χ1v) is 6.89. The third kappa shape index (κ3) is 3.74. The van der Waals surface area contributed by atoms with Gasteiger partial charge in [-0.25, -0.2) is 0 Å². The molecule has 0 aliphatic carbocycles. The lowest BCUT2D eigenvalue weighted by atomic mass is 10.2. The largest absolute Gasteiger partial charge is 0.483 e. The molecule has 0 aliphatic heterocycles. The molecule has 0 bridgehead atoms. The summed E-state index contributed by atoms with van der Waals surface area (Å²) in [6.07, 6.45) is 0. The Morgan fingerprint density at radius 3 is 2.80 bits per heavy atom. The van der Waals surface area contributed by atoms with Crippen LogP contribution in [0.5, 0.6) is 5.75 Å². The average molecular weight is 335 g/mol. The van der Waals surface area contributed by atoms with E-state index in [0.717, 1.165) is 10.0 Å². The van der Waals surface area contributed by atoms with Crippen molar-refractivity contribution in [2.24, 2.45) is 0 Å². The van der Waals surface area contributed by atoms with Crippen molar-refractivity contribution in [3.8, 4) is 5.75 Å². The molecule has 0 heterocycles. The maximum atomic E-state index is 11.8. The minimum atomic E-state index is -0.223. The van der Waals surface area contributed by atoms with Gasteiger partial charge in [0, 0.05) is 16.2 Å². The summed E-state index contributed by atoms with van der Waals surface area (Å²) >= 11 is 3.37. The summed E-state index contributed by atoms with van der Waals surface area (Å²) in [5, 5.41) is 2.77. The molecule has 0 unspecified atom stereocenters. The fourth-order valence-electron chi connectivity index (χ4n) is 1.66. The molecule has 0 fully saturated rings. The van der Waals surface area contributed by atoms with Crippen molar-refractivity contribution in [2.75, 3.05) is 17.7 Å². The van der Waals surface area contributed by atoms with Crippen LogP contribution in [0.15, 0.2) is 46.9 Å². The van der Waals surface area contributed by atoms with Crippen LogP contribution in [0.25, 0.3) is 0 Å². The number of nitrogen functional groups attached to an aromatic ring is 1. The lowest BCUT2D eigenvalue weighted by Crippen LogP contribution is -2.20. The van der Waals surface area contributed by atoms with Gasteiger partial charge >= 0.3 is 0 Å². The monoisotopic (exact) mass is 334 g/mol. The van der Waals surface area contributed by atoms with Crippen LogP contribution in [0.2, 0.25) is 0 Å². The van der Waals surface area contributed by atoms with Crippen LogP contribution in [0.3, 0.4) is 0 Å². The Bertz CT molecular complexity index is 629. The number of rotatable bonds is 4. The standard InChI is InChI=1S/C15H15BrN2O2/c1-10-6-7-11(17)8-14(10)20-9-15(19)18-13-5-3-2-4-12(13)16/h2-8H,9,17H2,1H3,(H,18,19). The number of carbonyl (C=O) groups excluding carboxylic acids is 1. The lowest BCUT2D eigenvalue weighted by Gasteiger charge is -2.11. The van der Waals surface area contributed by atoms with Gasteiger partial charge in [-0.2, -0.15) is 0 Å². The number of nitrogens with two attached hydrogens (primary N) is 1. The number of nitrogens with one attached hydrogen (secondary N) is 1. The van der Waals surface area contributed by atoms with Gasteiger partial charge in [-0.15, -0.1) is 0 Å². The Labute approximate surface area is 126 Å². The minimum Gasteiger partial charge on any atom is -0.483 e. The highest BCUT2D eigenvalue weighted by molar-refractivity contribution is 9.10. The number of anilines is 2. The van der Waals surface area contributed by atoms with E-state index in [1.54, 1.807) is 12.1 Å². The summed E-state index contributed by atoms with van der Waals surface area (Å²) in [6, 6.07) is 12.8. The summed E-state index contributed by atoms with van der Waals surface area (Å²) in [7, 11) is 0. The van der Waals surface area contributed by atoms with Crippen molar-refractivity contribution in [1.82, 2.24) is 0 Å². The molecule has 1 amide bonds. The van der Waals surface area contributed by atoms with E-state index < -0.39 is 0 Å². The first-order valence-electron chi connectivity index (χ1n) is 6.09. The zero-order valence-electron chi connectivity index (χ0n) is 11.0. The first kappa shape index (κ1) is 14.4. The van der Waals surface area contributed by atoms with E-state index in [1.165, 1.54) is 0 Å². The van der Waals surface area contributed by atoms with Gasteiger partial charge in [-0.05, 0) is 46.6 Å². The number of hydrogen-bond acceptors (Lipinski definition) is 3. The van der Waals surface area contributed by atoms with E-state index in [0.29, 0.717) is 17.1 Å². The van der Waals surface area contributed by atoms with E-state index in [-0.39, 0.29) is 12.5 Å². The highest BCUT2D eigenvalue weighted by Gasteiger charge is 2.07. The van der Waals surface area contributed by atoms with Crippen LogP contribution in [-0.2, 0) is 4.79 Å². The Hall–Kier alpha value is -2.01. The van der Waals surface area contributed by atoms with E-state index in [9.17, 15) is 4.79 Å². The summed E-state index contributed by atoms with van der Waals surface area (Å²) in [6.45, 7) is 1.84. The maximum Gasteiger partial charge on any atom is 0.262 e. The lowest BCUT2D eigenvalue weighted by molar-refractivity contribution is -0.118. The summed E-state index contributed by atoms with van der Waals surface area (Å²) in [4.78, 5) is 11.8. The fraction of sp³-hybridized carbons (Fsp3) is 0.133. The van der Waals surface area contributed by atoms with Crippen LogP contribution in [0.4, 0.5) is 11.4 Å². The summed E-state index contributed by atoms with van der Waals surface area (Å²) in [5.74, 6) is 0.394. The Balaban J connectivity index is 1.96. The van der Waals surface area contributed by atoms with Crippen LogP contribution < -0.4 is 15.8 Å². The van der Waals surface area contributed by atoms with E-state index in [2.05, 4.69) is 21.2 Å². The maximum absolute atomic E-state index is 11.8. The Morgan fingerprint density at radius 1 is 1.30 bits per heavy atom. The van der Waals surface area contributed by atoms with Crippen molar-refractivity contribution < 1.29 is 9.53 Å². The summed E-state index contributed by atoms with van der Waals surface area (Å²) in [5.41, 5.74) is 7.95. The smallest absolute Gasteiger partial charge is 0.262 e. The van der Waals surface area contributed by atoms with E-state index >= 15 is 0 Å². The van der Waals surface area contributed by atoms with Crippen molar-refractivity contribution in [1.29, 1.82) is 0 Å². The number of hydrogen-bond donors (Lipinski definition) is 2.